The summed E-state index contributed by atoms with van der Waals surface area (Å²) in [5.41, 5.74) is 2.85. The molecule has 4 heterocycles. The van der Waals surface area contributed by atoms with Crippen molar-refractivity contribution in [1.82, 2.24) is 19.7 Å². The first-order chi connectivity index (χ1) is 12.1. The van der Waals surface area contributed by atoms with Gasteiger partial charge in [0.2, 0.25) is 0 Å². The minimum atomic E-state index is 0.0588. The number of hydrogen-bond donors (Lipinski definition) is 0. The molecule has 6 nitrogen and oxygen atoms in total. The third kappa shape index (κ3) is 2.62. The number of hydrogen-bond acceptors (Lipinski definition) is 4. The molecule has 0 aromatic carbocycles. The molecule has 0 bridgehead atoms. The third-order valence-corrected chi connectivity index (χ3v) is 5.04. The number of carbonyl (C=O) groups is 1. The molecule has 1 amide bonds. The Bertz CT molecular complexity index is 927. The highest BCUT2D eigenvalue weighted by Crippen LogP contribution is 2.29. The van der Waals surface area contributed by atoms with Crippen LogP contribution in [0.4, 0.5) is 0 Å². The van der Waals surface area contributed by atoms with Crippen molar-refractivity contribution >= 4 is 16.9 Å². The summed E-state index contributed by atoms with van der Waals surface area (Å²) < 4.78 is 7.23. The lowest BCUT2D eigenvalue weighted by Crippen LogP contribution is -2.42. The molecule has 1 aliphatic rings. The average Bonchev–Trinajstić information content (AvgIpc) is 3.23. The van der Waals surface area contributed by atoms with E-state index in [1.165, 1.54) is 6.42 Å². The smallest absolute Gasteiger partial charge is 0.254 e. The van der Waals surface area contributed by atoms with Crippen molar-refractivity contribution in [3.63, 3.8) is 0 Å². The Morgan fingerprint density at radius 1 is 1.36 bits per heavy atom. The van der Waals surface area contributed by atoms with Crippen molar-refractivity contribution in [1.29, 1.82) is 0 Å². The fourth-order valence-electron chi connectivity index (χ4n) is 3.72. The van der Waals surface area contributed by atoms with Gasteiger partial charge in [0.15, 0.2) is 11.4 Å². The quantitative estimate of drug-likeness (QED) is 0.717. The Hall–Kier alpha value is -2.63. The van der Waals surface area contributed by atoms with E-state index >= 15 is 0 Å². The lowest BCUT2D eigenvalue weighted by Gasteiger charge is -2.33. The number of piperidine rings is 1. The van der Waals surface area contributed by atoms with E-state index in [1.807, 2.05) is 37.1 Å². The summed E-state index contributed by atoms with van der Waals surface area (Å²) in [6, 6.07) is 5.78. The molecular formula is C19H22N4O2. The monoisotopic (exact) mass is 338 g/mol. The zero-order valence-corrected chi connectivity index (χ0v) is 14.8. The molecule has 0 radical (unpaired) electrons. The Balaban J connectivity index is 1.90. The first kappa shape index (κ1) is 15.9. The van der Waals surface area contributed by atoms with E-state index < -0.39 is 0 Å². The van der Waals surface area contributed by atoms with Gasteiger partial charge in [-0.15, -0.1) is 0 Å². The van der Waals surface area contributed by atoms with Crippen LogP contribution in [-0.4, -0.2) is 38.2 Å². The number of fused-ring (bicyclic) bond motifs is 1. The van der Waals surface area contributed by atoms with E-state index in [0.717, 1.165) is 30.5 Å². The Kier molecular flexibility index (Phi) is 3.82. The third-order valence-electron chi connectivity index (χ3n) is 5.04. The predicted octanol–water partition coefficient (Wildman–Crippen LogP) is 3.55. The number of aryl methyl sites for hydroxylation is 2. The van der Waals surface area contributed by atoms with E-state index in [9.17, 15) is 4.79 Å². The van der Waals surface area contributed by atoms with Crippen molar-refractivity contribution < 1.29 is 9.21 Å². The Labute approximate surface area is 146 Å². The van der Waals surface area contributed by atoms with Crippen LogP contribution < -0.4 is 0 Å². The van der Waals surface area contributed by atoms with Gasteiger partial charge in [-0.2, -0.15) is 5.10 Å². The van der Waals surface area contributed by atoms with Gasteiger partial charge in [-0.3, -0.25) is 9.48 Å². The van der Waals surface area contributed by atoms with Crippen LogP contribution in [-0.2, 0) is 7.05 Å². The van der Waals surface area contributed by atoms with Crippen LogP contribution in [0.15, 0.2) is 28.9 Å². The molecule has 1 aliphatic heterocycles. The van der Waals surface area contributed by atoms with Gasteiger partial charge < -0.3 is 9.32 Å². The minimum Gasteiger partial charge on any atom is -0.463 e. The zero-order chi connectivity index (χ0) is 17.6. The van der Waals surface area contributed by atoms with E-state index in [0.29, 0.717) is 22.7 Å². The van der Waals surface area contributed by atoms with Crippen molar-refractivity contribution in [2.24, 2.45) is 7.05 Å². The van der Waals surface area contributed by atoms with Gasteiger partial charge in [-0.05, 0) is 51.3 Å². The van der Waals surface area contributed by atoms with Crippen LogP contribution in [0.3, 0.4) is 0 Å². The number of amides is 1. The molecule has 0 spiro atoms. The highest BCUT2D eigenvalue weighted by atomic mass is 16.3. The summed E-state index contributed by atoms with van der Waals surface area (Å²) in [5.74, 6) is 0.713. The molecule has 6 heteroatoms. The zero-order valence-electron chi connectivity index (χ0n) is 14.8. The number of furan rings is 1. The number of carbonyl (C=O) groups excluding carboxylic acids is 1. The van der Waals surface area contributed by atoms with Gasteiger partial charge in [-0.25, -0.2) is 4.98 Å². The molecule has 1 fully saturated rings. The summed E-state index contributed by atoms with van der Waals surface area (Å²) in [6.45, 7) is 4.85. The number of nitrogens with zero attached hydrogens (tertiary/aromatic N) is 4. The molecule has 3 aromatic rings. The molecule has 4 rings (SSSR count). The number of aromatic nitrogens is 3. The van der Waals surface area contributed by atoms with Crippen molar-refractivity contribution in [2.45, 2.75) is 39.2 Å². The van der Waals surface area contributed by atoms with Crippen LogP contribution in [0, 0.1) is 6.92 Å². The van der Waals surface area contributed by atoms with Crippen LogP contribution in [0.1, 0.15) is 42.2 Å². The van der Waals surface area contributed by atoms with Gasteiger partial charge >= 0.3 is 0 Å². The molecular weight excluding hydrogens is 316 g/mol. The van der Waals surface area contributed by atoms with E-state index in [2.05, 4.69) is 17.0 Å². The van der Waals surface area contributed by atoms with Crippen LogP contribution >= 0.6 is 0 Å². The van der Waals surface area contributed by atoms with Gasteiger partial charge in [0.1, 0.15) is 5.69 Å². The second kappa shape index (κ2) is 6.02. The molecule has 0 N–H and O–H groups in total. The Morgan fingerprint density at radius 3 is 2.92 bits per heavy atom. The highest BCUT2D eigenvalue weighted by molar-refractivity contribution is 6.07. The van der Waals surface area contributed by atoms with Gasteiger partial charge in [-0.1, -0.05) is 0 Å². The number of pyridine rings is 1. The molecule has 3 aromatic heterocycles. The van der Waals surface area contributed by atoms with Crippen molar-refractivity contribution in [2.75, 3.05) is 6.54 Å². The topological polar surface area (TPSA) is 64.2 Å². The summed E-state index contributed by atoms with van der Waals surface area (Å²) in [5, 5.41) is 5.31. The summed E-state index contributed by atoms with van der Waals surface area (Å²) in [7, 11) is 1.85. The SMILES string of the molecule is Cc1nn(C)c2nc(-c3ccco3)cc(C(=O)N3CCCC[C@@H]3C)c12. The van der Waals surface area contributed by atoms with E-state index in [-0.39, 0.29) is 11.9 Å². The van der Waals surface area contributed by atoms with Crippen molar-refractivity contribution in [3.8, 4) is 11.5 Å². The second-order valence-electron chi connectivity index (χ2n) is 6.78. The maximum absolute atomic E-state index is 13.3. The van der Waals surface area contributed by atoms with E-state index in [4.69, 9.17) is 4.42 Å². The molecule has 130 valence electrons. The van der Waals surface area contributed by atoms with E-state index in [1.54, 1.807) is 10.9 Å². The summed E-state index contributed by atoms with van der Waals surface area (Å²) >= 11 is 0. The second-order valence-corrected chi connectivity index (χ2v) is 6.78. The molecule has 0 aliphatic carbocycles. The first-order valence-electron chi connectivity index (χ1n) is 8.75. The lowest BCUT2D eigenvalue weighted by atomic mass is 10.0. The summed E-state index contributed by atoms with van der Waals surface area (Å²) in [4.78, 5) is 20.0. The highest BCUT2D eigenvalue weighted by Gasteiger charge is 2.28. The maximum Gasteiger partial charge on any atom is 0.254 e. The van der Waals surface area contributed by atoms with Crippen LogP contribution in [0.5, 0.6) is 0 Å². The fourth-order valence-corrected chi connectivity index (χ4v) is 3.72. The van der Waals surface area contributed by atoms with Gasteiger partial charge in [0.05, 0.1) is 22.9 Å². The predicted molar refractivity (Wildman–Crippen MR) is 95.3 cm³/mol. The summed E-state index contributed by atoms with van der Waals surface area (Å²) in [6.07, 6.45) is 4.91. The molecule has 1 atom stereocenters. The first-order valence-corrected chi connectivity index (χ1v) is 8.75. The van der Waals surface area contributed by atoms with Crippen molar-refractivity contribution in [3.05, 3.63) is 35.7 Å². The number of likely N-dealkylation sites (tertiary alicyclic amines) is 1. The normalized spacial score (nSPS) is 18.0. The van der Waals surface area contributed by atoms with Gasteiger partial charge in [0.25, 0.3) is 5.91 Å². The minimum absolute atomic E-state index is 0.0588. The lowest BCUT2D eigenvalue weighted by molar-refractivity contribution is 0.0637. The van der Waals surface area contributed by atoms with Crippen LogP contribution in [0.25, 0.3) is 22.5 Å². The average molecular weight is 338 g/mol. The fraction of sp³-hybridized carbons (Fsp3) is 0.421. The number of rotatable bonds is 2. The molecule has 0 unspecified atom stereocenters. The molecule has 0 saturated carbocycles. The standard InChI is InChI=1S/C19H22N4O2/c1-12-7-4-5-9-23(12)19(24)14-11-15(16-8-6-10-25-16)20-18-17(14)13(2)21-22(18)3/h6,8,10-12H,4-5,7,9H2,1-3H3/t12-/m0/s1. The van der Waals surface area contributed by atoms with Gasteiger partial charge in [0, 0.05) is 19.6 Å². The molecule has 1 saturated heterocycles. The largest absolute Gasteiger partial charge is 0.463 e. The Morgan fingerprint density at radius 2 is 2.20 bits per heavy atom. The van der Waals surface area contributed by atoms with Crippen LogP contribution in [0.2, 0.25) is 0 Å². The maximum atomic E-state index is 13.3. The molecule has 25 heavy (non-hydrogen) atoms.